The van der Waals surface area contributed by atoms with Crippen LogP contribution in [0, 0.1) is 0 Å². The lowest BCUT2D eigenvalue weighted by atomic mass is 9.83. The summed E-state index contributed by atoms with van der Waals surface area (Å²) < 4.78 is 11.2. The summed E-state index contributed by atoms with van der Waals surface area (Å²) in [5, 5.41) is 0.542. The van der Waals surface area contributed by atoms with E-state index in [1.165, 1.54) is 0 Å². The third-order valence-electron chi connectivity index (χ3n) is 3.77. The Hall–Kier alpha value is -2.56. The fourth-order valence-electron chi connectivity index (χ4n) is 2.72. The van der Waals surface area contributed by atoms with E-state index in [9.17, 15) is 9.59 Å². The van der Waals surface area contributed by atoms with Gasteiger partial charge in [0.15, 0.2) is 11.6 Å². The van der Waals surface area contributed by atoms with E-state index in [0.29, 0.717) is 11.1 Å². The largest absolute Gasteiger partial charge is 0.487 e. The number of hydrogen-bond acceptors (Lipinski definition) is 4. The molecule has 1 aliphatic rings. The Morgan fingerprint density at radius 3 is 1.50 bits per heavy atom. The Bertz CT molecular complexity index is 871. The molecule has 0 aromatic heterocycles. The van der Waals surface area contributed by atoms with Crippen LogP contribution in [0.1, 0.15) is 31.8 Å². The Labute approximate surface area is 160 Å². The van der Waals surface area contributed by atoms with Gasteiger partial charge in [0.05, 0.1) is 11.1 Å². The van der Waals surface area contributed by atoms with Crippen LogP contribution >= 0.6 is 23.2 Å². The van der Waals surface area contributed by atoms with Crippen LogP contribution in [0.4, 0.5) is 0 Å². The lowest BCUT2D eigenvalue weighted by Crippen LogP contribution is -2.23. The highest BCUT2D eigenvalue weighted by Crippen LogP contribution is 2.39. The average molecular weight is 389 g/mol. The molecule has 0 unspecified atom stereocenters. The third-order valence-corrected chi connectivity index (χ3v) is 3.99. The van der Waals surface area contributed by atoms with Gasteiger partial charge in [-0.05, 0) is 12.1 Å². The first-order chi connectivity index (χ1) is 12.4. The predicted molar refractivity (Wildman–Crippen MR) is 101 cm³/mol. The minimum absolute atomic E-state index is 0.00972. The number of benzene rings is 2. The van der Waals surface area contributed by atoms with Gasteiger partial charge in [0.25, 0.3) is 0 Å². The summed E-state index contributed by atoms with van der Waals surface area (Å²) in [4.78, 5) is 26.0. The molecule has 132 valence electrons. The van der Waals surface area contributed by atoms with Crippen LogP contribution in [-0.4, -0.2) is 24.8 Å². The van der Waals surface area contributed by atoms with Crippen LogP contribution in [-0.2, 0) is 0 Å². The van der Waals surface area contributed by atoms with Gasteiger partial charge in [0, 0.05) is 21.2 Å². The van der Waals surface area contributed by atoms with E-state index in [0.717, 1.165) is 0 Å². The first-order valence-corrected chi connectivity index (χ1v) is 8.43. The van der Waals surface area contributed by atoms with Crippen molar-refractivity contribution in [3.63, 3.8) is 0 Å². The first-order valence-electron chi connectivity index (χ1n) is 7.67. The summed E-state index contributed by atoms with van der Waals surface area (Å²) in [6.07, 6.45) is 0. The van der Waals surface area contributed by atoms with Gasteiger partial charge in [-0.2, -0.15) is 0 Å². The Balaban J connectivity index is 2.16. The zero-order valence-electron chi connectivity index (χ0n) is 13.7. The quantitative estimate of drug-likeness (QED) is 0.612. The predicted octanol–water partition coefficient (Wildman–Crippen LogP) is 4.72. The van der Waals surface area contributed by atoms with Crippen LogP contribution in [0.3, 0.4) is 0 Å². The van der Waals surface area contributed by atoms with Crippen molar-refractivity contribution in [2.24, 2.45) is 0 Å². The second kappa shape index (κ2) is 7.36. The molecular weight excluding hydrogens is 375 g/mol. The summed E-state index contributed by atoms with van der Waals surface area (Å²) in [6, 6.07) is 9.74. The van der Waals surface area contributed by atoms with Gasteiger partial charge in [-0.1, -0.05) is 60.6 Å². The standard InChI is InChI=1S/C20H14Cl2O4/c1-11(21)9-25-15-7-8-16(26-10-12(2)22)18-17(15)19(23)13-5-3-4-6-14(13)20(18)24/h3-8H,1-2,9-10H2. The Morgan fingerprint density at radius 2 is 1.15 bits per heavy atom. The van der Waals surface area contributed by atoms with Crippen molar-refractivity contribution in [2.45, 2.75) is 0 Å². The number of hydrogen-bond donors (Lipinski definition) is 0. The molecule has 2 aromatic carbocycles. The molecule has 1 aliphatic carbocycles. The molecule has 0 N–H and O–H groups in total. The van der Waals surface area contributed by atoms with Crippen LogP contribution in [0.2, 0.25) is 0 Å². The van der Waals surface area contributed by atoms with Crippen LogP contribution in [0.25, 0.3) is 0 Å². The van der Waals surface area contributed by atoms with Crippen LogP contribution in [0.15, 0.2) is 59.6 Å². The molecule has 0 bridgehead atoms. The maximum atomic E-state index is 13.0. The molecule has 2 aromatic rings. The second-order valence-corrected chi connectivity index (χ2v) is 6.70. The van der Waals surface area contributed by atoms with Crippen LogP contribution in [0.5, 0.6) is 11.5 Å². The van der Waals surface area contributed by atoms with E-state index in [-0.39, 0.29) is 57.5 Å². The second-order valence-electron chi connectivity index (χ2n) is 5.63. The minimum Gasteiger partial charge on any atom is -0.487 e. The molecule has 0 amide bonds. The summed E-state index contributed by atoms with van der Waals surface area (Å²) in [5.74, 6) is -0.153. The number of fused-ring (bicyclic) bond motifs is 2. The van der Waals surface area contributed by atoms with Gasteiger partial charge >= 0.3 is 0 Å². The normalized spacial score (nSPS) is 12.2. The molecule has 0 aliphatic heterocycles. The lowest BCUT2D eigenvalue weighted by Gasteiger charge is -2.22. The third kappa shape index (κ3) is 3.39. The van der Waals surface area contributed by atoms with Gasteiger partial charge in [-0.3, -0.25) is 9.59 Å². The molecule has 0 fully saturated rings. The molecule has 0 saturated heterocycles. The number of rotatable bonds is 6. The van der Waals surface area contributed by atoms with E-state index in [1.807, 2.05) is 0 Å². The van der Waals surface area contributed by atoms with Gasteiger partial charge in [-0.15, -0.1) is 0 Å². The van der Waals surface area contributed by atoms with Crippen molar-refractivity contribution in [1.82, 2.24) is 0 Å². The molecule has 0 atom stereocenters. The van der Waals surface area contributed by atoms with Crippen molar-refractivity contribution >= 4 is 34.8 Å². The van der Waals surface area contributed by atoms with E-state index in [4.69, 9.17) is 32.7 Å². The Morgan fingerprint density at radius 1 is 0.769 bits per heavy atom. The highest BCUT2D eigenvalue weighted by Gasteiger charge is 2.35. The van der Waals surface area contributed by atoms with Crippen molar-refractivity contribution in [1.29, 1.82) is 0 Å². The summed E-state index contributed by atoms with van der Waals surface area (Å²) in [5.41, 5.74) is 0.922. The number of halogens is 2. The summed E-state index contributed by atoms with van der Waals surface area (Å²) in [7, 11) is 0. The molecule has 0 spiro atoms. The van der Waals surface area contributed by atoms with Crippen molar-refractivity contribution in [3.8, 4) is 11.5 Å². The number of ether oxygens (including phenoxy) is 2. The van der Waals surface area contributed by atoms with Crippen molar-refractivity contribution in [3.05, 3.63) is 81.9 Å². The van der Waals surface area contributed by atoms with E-state index in [2.05, 4.69) is 13.2 Å². The smallest absolute Gasteiger partial charge is 0.198 e. The Kier molecular flexibility index (Phi) is 5.16. The highest BCUT2D eigenvalue weighted by molar-refractivity contribution is 6.31. The van der Waals surface area contributed by atoms with Crippen LogP contribution < -0.4 is 9.47 Å². The SMILES string of the molecule is C=C(Cl)COc1ccc(OCC(=C)Cl)c2c1C(=O)c1ccccc1C2=O. The molecule has 3 rings (SSSR count). The summed E-state index contributed by atoms with van der Waals surface area (Å²) >= 11 is 11.5. The molecule has 0 radical (unpaired) electrons. The maximum absolute atomic E-state index is 13.0. The van der Waals surface area contributed by atoms with Gasteiger partial charge in [-0.25, -0.2) is 0 Å². The molecule has 0 saturated carbocycles. The zero-order chi connectivity index (χ0) is 18.8. The molecule has 0 heterocycles. The minimum atomic E-state index is -0.319. The van der Waals surface area contributed by atoms with Gasteiger partial charge < -0.3 is 9.47 Å². The van der Waals surface area contributed by atoms with Gasteiger partial charge in [0.1, 0.15) is 24.7 Å². The fourth-order valence-corrected chi connectivity index (χ4v) is 2.83. The maximum Gasteiger partial charge on any atom is 0.198 e. The molecular formula is C20H14Cl2O4. The van der Waals surface area contributed by atoms with Crippen molar-refractivity contribution in [2.75, 3.05) is 13.2 Å². The lowest BCUT2D eigenvalue weighted by molar-refractivity contribution is 0.0973. The van der Waals surface area contributed by atoms with Crippen molar-refractivity contribution < 1.29 is 19.1 Å². The topological polar surface area (TPSA) is 52.6 Å². The summed E-state index contributed by atoms with van der Waals surface area (Å²) in [6.45, 7) is 7.14. The molecule has 4 nitrogen and oxygen atoms in total. The zero-order valence-corrected chi connectivity index (χ0v) is 15.2. The first kappa shape index (κ1) is 18.2. The number of carbonyl (C=O) groups excluding carboxylic acids is 2. The van der Waals surface area contributed by atoms with Gasteiger partial charge in [0.2, 0.25) is 0 Å². The molecule has 26 heavy (non-hydrogen) atoms. The number of carbonyl (C=O) groups is 2. The monoisotopic (exact) mass is 388 g/mol. The fraction of sp³-hybridized carbons (Fsp3) is 0.100. The average Bonchev–Trinajstić information content (AvgIpc) is 2.62. The highest BCUT2D eigenvalue weighted by atomic mass is 35.5. The van der Waals surface area contributed by atoms with E-state index in [1.54, 1.807) is 36.4 Å². The molecule has 6 heteroatoms. The van der Waals surface area contributed by atoms with E-state index < -0.39 is 0 Å². The number of ketones is 2. The van der Waals surface area contributed by atoms with E-state index >= 15 is 0 Å².